The first-order valence-corrected chi connectivity index (χ1v) is 9.51. The first kappa shape index (κ1) is 21.6. The number of nitrogens with zero attached hydrogens (tertiary/aromatic N) is 3. The van der Waals surface area contributed by atoms with Gasteiger partial charge in [-0.25, -0.2) is 0 Å². The van der Waals surface area contributed by atoms with Crippen LogP contribution in [-0.2, 0) is 11.3 Å². The summed E-state index contributed by atoms with van der Waals surface area (Å²) in [6.07, 6.45) is 0.995. The lowest BCUT2D eigenvalue weighted by Gasteiger charge is -2.13. The van der Waals surface area contributed by atoms with Gasteiger partial charge in [-0.1, -0.05) is 29.3 Å². The lowest BCUT2D eigenvalue weighted by molar-refractivity contribution is -0.394. The van der Waals surface area contributed by atoms with Crippen molar-refractivity contribution >= 4 is 63.6 Å². The van der Waals surface area contributed by atoms with Gasteiger partial charge in [0.15, 0.2) is 0 Å². The Morgan fingerprint density at radius 1 is 1.07 bits per heavy atom. The Morgan fingerprint density at radius 2 is 1.77 bits per heavy atom. The number of thioether (sulfide) groups is 1. The number of nitro benzene ring substituents is 2. The third kappa shape index (κ3) is 4.22. The Hall–Kier alpha value is -3.15. The fraction of sp³-hybridized carbons (Fsp3) is 0.0588. The van der Waals surface area contributed by atoms with Crippen molar-refractivity contribution in [2.45, 2.75) is 6.54 Å². The van der Waals surface area contributed by atoms with Crippen molar-refractivity contribution in [1.82, 2.24) is 4.90 Å². The van der Waals surface area contributed by atoms with Crippen LogP contribution in [0.3, 0.4) is 0 Å². The number of halogens is 2. The summed E-state index contributed by atoms with van der Waals surface area (Å²) in [5.74, 6) is -1.59. The molecule has 0 radical (unpaired) electrons. The van der Waals surface area contributed by atoms with Crippen LogP contribution in [0.1, 0.15) is 11.1 Å². The maximum absolute atomic E-state index is 12.6. The van der Waals surface area contributed by atoms with E-state index in [1.54, 1.807) is 6.07 Å². The molecule has 13 heteroatoms. The highest BCUT2D eigenvalue weighted by Crippen LogP contribution is 2.39. The minimum atomic E-state index is -0.990. The van der Waals surface area contributed by atoms with Crippen molar-refractivity contribution in [1.29, 1.82) is 0 Å². The van der Waals surface area contributed by atoms with Crippen molar-refractivity contribution < 1.29 is 24.5 Å². The second-order valence-electron chi connectivity index (χ2n) is 5.93. The number of phenolic OH excluding ortho intramolecular Hbond substituents is 1. The highest BCUT2D eigenvalue weighted by atomic mass is 35.5. The number of carbonyl (C=O) groups is 2. The molecule has 10 nitrogen and oxygen atoms in total. The van der Waals surface area contributed by atoms with E-state index in [0.29, 0.717) is 28.4 Å². The van der Waals surface area contributed by atoms with E-state index in [2.05, 4.69) is 0 Å². The van der Waals surface area contributed by atoms with Gasteiger partial charge < -0.3 is 5.11 Å². The number of phenols is 1. The Kier molecular flexibility index (Phi) is 5.97. The van der Waals surface area contributed by atoms with E-state index in [1.807, 2.05) is 0 Å². The molecule has 1 aliphatic heterocycles. The van der Waals surface area contributed by atoms with Gasteiger partial charge in [-0.15, -0.1) is 0 Å². The summed E-state index contributed by atoms with van der Waals surface area (Å²) in [5.41, 5.74) is -1.36. The van der Waals surface area contributed by atoms with E-state index in [4.69, 9.17) is 23.2 Å². The van der Waals surface area contributed by atoms with Crippen LogP contribution in [0.2, 0.25) is 10.0 Å². The van der Waals surface area contributed by atoms with Gasteiger partial charge in [-0.3, -0.25) is 34.7 Å². The molecule has 1 heterocycles. The van der Waals surface area contributed by atoms with Gasteiger partial charge >= 0.3 is 5.69 Å². The normalized spacial score (nSPS) is 15.1. The smallest absolute Gasteiger partial charge is 0.318 e. The van der Waals surface area contributed by atoms with Crippen LogP contribution in [0.15, 0.2) is 35.2 Å². The average molecular weight is 470 g/mol. The first-order chi connectivity index (χ1) is 14.1. The number of nitro groups is 2. The number of carbonyl (C=O) groups excluding carboxylic acids is 2. The van der Waals surface area contributed by atoms with Gasteiger partial charge in [0.05, 0.1) is 37.4 Å². The zero-order valence-corrected chi connectivity index (χ0v) is 16.9. The zero-order chi connectivity index (χ0) is 22.2. The molecular formula is C17H9Cl2N3O7S. The summed E-state index contributed by atoms with van der Waals surface area (Å²) >= 11 is 12.3. The maximum atomic E-state index is 12.6. The molecule has 0 aromatic heterocycles. The molecule has 2 amide bonds. The van der Waals surface area contributed by atoms with Crippen LogP contribution < -0.4 is 0 Å². The zero-order valence-electron chi connectivity index (χ0n) is 14.6. The van der Waals surface area contributed by atoms with Gasteiger partial charge in [-0.05, 0) is 35.5 Å². The van der Waals surface area contributed by atoms with Crippen molar-refractivity contribution in [2.24, 2.45) is 0 Å². The van der Waals surface area contributed by atoms with E-state index in [-0.39, 0.29) is 22.0 Å². The first-order valence-electron chi connectivity index (χ1n) is 7.93. The molecule has 0 bridgehead atoms. The van der Waals surface area contributed by atoms with Crippen molar-refractivity contribution in [3.05, 3.63) is 76.6 Å². The molecule has 1 saturated heterocycles. The van der Waals surface area contributed by atoms with Crippen molar-refractivity contribution in [3.8, 4) is 5.75 Å². The fourth-order valence-electron chi connectivity index (χ4n) is 2.58. The number of imide groups is 1. The van der Waals surface area contributed by atoms with E-state index in [1.165, 1.54) is 12.1 Å². The van der Waals surface area contributed by atoms with Gasteiger partial charge in [0.25, 0.3) is 16.8 Å². The monoisotopic (exact) mass is 469 g/mol. The minimum absolute atomic E-state index is 0.111. The number of amides is 2. The highest BCUT2D eigenvalue weighted by Gasteiger charge is 2.36. The van der Waals surface area contributed by atoms with Crippen LogP contribution in [0.25, 0.3) is 6.08 Å². The van der Waals surface area contributed by atoms with E-state index in [0.717, 1.165) is 17.0 Å². The number of non-ortho nitro benzene ring substituents is 1. The molecule has 30 heavy (non-hydrogen) atoms. The van der Waals surface area contributed by atoms with Gasteiger partial charge in [0, 0.05) is 11.6 Å². The predicted molar refractivity (Wildman–Crippen MR) is 109 cm³/mol. The fourth-order valence-corrected chi connectivity index (χ4v) is 3.73. The minimum Gasteiger partial charge on any atom is -0.502 e. The number of hydrogen-bond donors (Lipinski definition) is 1. The summed E-state index contributed by atoms with van der Waals surface area (Å²) in [6, 6.07) is 6.05. The van der Waals surface area contributed by atoms with Gasteiger partial charge in [0.2, 0.25) is 5.75 Å². The molecule has 0 saturated carbocycles. The molecule has 1 fully saturated rings. The standard InChI is InChI=1S/C17H9Cl2N3O7S/c18-11-2-1-8(3-12(11)19)7-20-16(24)14(30-17(20)25)5-9-4-10(21(26)27)6-13(15(9)23)22(28)29/h1-6,23H,7H2/b14-5-. The summed E-state index contributed by atoms with van der Waals surface area (Å²) in [5, 5.41) is 32.1. The molecule has 0 aliphatic carbocycles. The Labute approximate surface area is 182 Å². The maximum Gasteiger partial charge on any atom is 0.318 e. The van der Waals surface area contributed by atoms with Crippen molar-refractivity contribution in [3.63, 3.8) is 0 Å². The molecule has 2 aromatic carbocycles. The quantitative estimate of drug-likeness (QED) is 0.375. The van der Waals surface area contributed by atoms with Gasteiger partial charge in [0.1, 0.15) is 0 Å². The number of hydrogen-bond acceptors (Lipinski definition) is 8. The molecular weight excluding hydrogens is 461 g/mol. The van der Waals surface area contributed by atoms with E-state index < -0.39 is 38.1 Å². The van der Waals surface area contributed by atoms with Crippen LogP contribution in [0, 0.1) is 20.2 Å². The molecule has 3 rings (SSSR count). The van der Waals surface area contributed by atoms with E-state index >= 15 is 0 Å². The topological polar surface area (TPSA) is 144 Å². The molecule has 1 N–H and O–H groups in total. The summed E-state index contributed by atoms with van der Waals surface area (Å²) in [4.78, 5) is 45.9. The molecule has 0 atom stereocenters. The number of aromatic hydroxyl groups is 1. The largest absolute Gasteiger partial charge is 0.502 e. The Balaban J connectivity index is 1.96. The molecule has 154 valence electrons. The highest BCUT2D eigenvalue weighted by molar-refractivity contribution is 8.18. The van der Waals surface area contributed by atoms with Crippen LogP contribution in [0.5, 0.6) is 5.75 Å². The van der Waals surface area contributed by atoms with Crippen LogP contribution in [-0.4, -0.2) is 31.0 Å². The molecule has 0 spiro atoms. The average Bonchev–Trinajstić information content (AvgIpc) is 2.93. The lowest BCUT2D eigenvalue weighted by Crippen LogP contribution is -2.27. The summed E-state index contributed by atoms with van der Waals surface area (Å²) < 4.78 is 0. The third-order valence-electron chi connectivity index (χ3n) is 4.00. The SMILES string of the molecule is O=C1S/C(=C\c2cc([N+](=O)[O-])cc([N+](=O)[O-])c2O)C(=O)N1Cc1ccc(Cl)c(Cl)c1. The number of rotatable bonds is 5. The molecule has 1 aliphatic rings. The van der Waals surface area contributed by atoms with Crippen molar-refractivity contribution in [2.75, 3.05) is 0 Å². The summed E-state index contributed by atoms with van der Waals surface area (Å²) in [7, 11) is 0. The second kappa shape index (κ2) is 8.30. The van der Waals surface area contributed by atoms with Crippen LogP contribution >= 0.6 is 35.0 Å². The third-order valence-corrected chi connectivity index (χ3v) is 5.64. The summed E-state index contributed by atoms with van der Waals surface area (Å²) in [6.45, 7) is -0.111. The van der Waals surface area contributed by atoms with Crippen LogP contribution in [0.4, 0.5) is 16.2 Å². The predicted octanol–water partition coefficient (Wildman–Crippen LogP) is 4.75. The van der Waals surface area contributed by atoms with Gasteiger partial charge in [-0.2, -0.15) is 0 Å². The van der Waals surface area contributed by atoms with E-state index in [9.17, 15) is 34.9 Å². The second-order valence-corrected chi connectivity index (χ2v) is 7.74. The molecule has 2 aromatic rings. The number of benzene rings is 2. The Morgan fingerprint density at radius 3 is 2.37 bits per heavy atom. The Bertz CT molecular complexity index is 1150. The lowest BCUT2D eigenvalue weighted by atomic mass is 10.1. The molecule has 0 unspecified atom stereocenters.